The van der Waals surface area contributed by atoms with Crippen molar-refractivity contribution >= 4 is 12.2 Å². The van der Waals surface area contributed by atoms with Gasteiger partial charge in [0.15, 0.2) is 22.1 Å². The molecule has 1 aromatic heterocycles. The lowest BCUT2D eigenvalue weighted by molar-refractivity contribution is 0.174. The van der Waals surface area contributed by atoms with Crippen LogP contribution in [0.25, 0.3) is 11.4 Å². The van der Waals surface area contributed by atoms with Crippen LogP contribution in [0.5, 0.6) is 17.2 Å². The highest BCUT2D eigenvalue weighted by Crippen LogP contribution is 2.33. The van der Waals surface area contributed by atoms with E-state index in [0.717, 1.165) is 34.2 Å². The number of hydrogen-bond acceptors (Lipinski definition) is 5. The van der Waals surface area contributed by atoms with Gasteiger partial charge in [-0.05, 0) is 54.2 Å². The van der Waals surface area contributed by atoms with E-state index in [0.29, 0.717) is 11.3 Å². The normalized spacial score (nSPS) is 12.4. The molecule has 1 aliphatic heterocycles. The zero-order chi connectivity index (χ0) is 16.5. The number of H-pyrrole nitrogens is 1. The van der Waals surface area contributed by atoms with Gasteiger partial charge >= 0.3 is 0 Å². The van der Waals surface area contributed by atoms with E-state index in [1.807, 2.05) is 47.0 Å². The number of ether oxygens (including phenoxy) is 3. The lowest BCUT2D eigenvalue weighted by Crippen LogP contribution is -2.02. The van der Waals surface area contributed by atoms with E-state index in [1.54, 1.807) is 7.11 Å². The third kappa shape index (κ3) is 2.63. The molecule has 0 fully saturated rings. The largest absolute Gasteiger partial charge is 0.497 e. The van der Waals surface area contributed by atoms with E-state index in [1.165, 1.54) is 0 Å². The molecule has 4 rings (SSSR count). The first-order valence-corrected chi connectivity index (χ1v) is 7.83. The number of rotatable bonds is 4. The Hall–Kier alpha value is -2.80. The number of methoxy groups -OCH3 is 1. The smallest absolute Gasteiger partial charge is 0.231 e. The van der Waals surface area contributed by atoms with Crippen molar-refractivity contribution in [3.8, 4) is 28.6 Å². The standard InChI is InChI=1S/C17H15N3O3S/c1-21-13-5-3-12(4-6-13)16-18-19-17(24)20(16)9-11-2-7-14-15(8-11)23-10-22-14/h2-8H,9-10H2,1H3,(H,19,24). The number of fused-ring (bicyclic) bond motifs is 1. The van der Waals surface area contributed by atoms with Gasteiger partial charge in [-0.25, -0.2) is 0 Å². The Balaban J connectivity index is 1.68. The van der Waals surface area contributed by atoms with Crippen LogP contribution >= 0.6 is 12.2 Å². The Kier molecular flexibility index (Phi) is 3.70. The fourth-order valence-corrected chi connectivity index (χ4v) is 2.84. The number of aromatic nitrogens is 3. The third-order valence-electron chi connectivity index (χ3n) is 3.88. The van der Waals surface area contributed by atoms with Gasteiger partial charge < -0.3 is 14.2 Å². The van der Waals surface area contributed by atoms with Crippen LogP contribution in [-0.2, 0) is 6.54 Å². The second kappa shape index (κ2) is 6.01. The van der Waals surface area contributed by atoms with E-state index >= 15 is 0 Å². The molecule has 0 saturated carbocycles. The molecule has 6 nitrogen and oxygen atoms in total. The Bertz CT molecular complexity index is 931. The minimum Gasteiger partial charge on any atom is -0.497 e. The van der Waals surface area contributed by atoms with Crippen molar-refractivity contribution in [2.45, 2.75) is 6.54 Å². The molecule has 1 aliphatic rings. The molecule has 0 bridgehead atoms. The number of nitrogens with zero attached hydrogens (tertiary/aromatic N) is 2. The van der Waals surface area contributed by atoms with Gasteiger partial charge in [0.2, 0.25) is 6.79 Å². The SMILES string of the molecule is COc1ccc(-c2n[nH]c(=S)n2Cc2ccc3c(c2)OCO3)cc1. The Labute approximate surface area is 143 Å². The summed E-state index contributed by atoms with van der Waals surface area (Å²) in [6, 6.07) is 13.6. The molecule has 0 saturated heterocycles. The van der Waals surface area contributed by atoms with Gasteiger partial charge in [-0.2, -0.15) is 5.10 Å². The summed E-state index contributed by atoms with van der Waals surface area (Å²) in [7, 11) is 1.64. The maximum atomic E-state index is 5.43. The van der Waals surface area contributed by atoms with Crippen LogP contribution in [0.4, 0.5) is 0 Å². The van der Waals surface area contributed by atoms with Crippen molar-refractivity contribution < 1.29 is 14.2 Å². The second-order valence-corrected chi connectivity index (χ2v) is 5.74. The molecule has 0 unspecified atom stereocenters. The van der Waals surface area contributed by atoms with Crippen molar-refractivity contribution in [3.63, 3.8) is 0 Å². The predicted molar refractivity (Wildman–Crippen MR) is 91.1 cm³/mol. The molecule has 7 heteroatoms. The van der Waals surface area contributed by atoms with Crippen molar-refractivity contribution in [2.75, 3.05) is 13.9 Å². The van der Waals surface area contributed by atoms with Crippen LogP contribution in [0.15, 0.2) is 42.5 Å². The van der Waals surface area contributed by atoms with Gasteiger partial charge in [0.25, 0.3) is 0 Å². The molecule has 2 aromatic carbocycles. The van der Waals surface area contributed by atoms with Gasteiger partial charge in [-0.15, -0.1) is 0 Å². The molecular formula is C17H15N3O3S. The first-order valence-electron chi connectivity index (χ1n) is 7.43. The monoisotopic (exact) mass is 341 g/mol. The lowest BCUT2D eigenvalue weighted by atomic mass is 10.1. The highest BCUT2D eigenvalue weighted by Gasteiger charge is 2.15. The van der Waals surface area contributed by atoms with Crippen LogP contribution in [0.1, 0.15) is 5.56 Å². The molecule has 24 heavy (non-hydrogen) atoms. The summed E-state index contributed by atoms with van der Waals surface area (Å²) in [4.78, 5) is 0. The molecule has 122 valence electrons. The summed E-state index contributed by atoms with van der Waals surface area (Å²) in [5.41, 5.74) is 2.02. The molecule has 0 spiro atoms. The van der Waals surface area contributed by atoms with E-state index in [9.17, 15) is 0 Å². The molecule has 0 aliphatic carbocycles. The fourth-order valence-electron chi connectivity index (χ4n) is 2.65. The maximum Gasteiger partial charge on any atom is 0.231 e. The average Bonchev–Trinajstić information content (AvgIpc) is 3.22. The summed E-state index contributed by atoms with van der Waals surface area (Å²) in [5, 5.41) is 7.22. The van der Waals surface area contributed by atoms with E-state index in [4.69, 9.17) is 26.4 Å². The maximum absolute atomic E-state index is 5.43. The van der Waals surface area contributed by atoms with Crippen LogP contribution in [0.3, 0.4) is 0 Å². The Morgan fingerprint density at radius 2 is 1.96 bits per heavy atom. The molecule has 1 N–H and O–H groups in total. The van der Waals surface area contributed by atoms with Crippen LogP contribution in [0.2, 0.25) is 0 Å². The number of hydrogen-bond donors (Lipinski definition) is 1. The first-order chi connectivity index (χ1) is 11.7. The fraction of sp³-hybridized carbons (Fsp3) is 0.176. The summed E-state index contributed by atoms with van der Waals surface area (Å²) in [6.45, 7) is 0.856. The van der Waals surface area contributed by atoms with Gasteiger partial charge in [0.05, 0.1) is 13.7 Å². The predicted octanol–water partition coefficient (Wildman–Crippen LogP) is 3.39. The zero-order valence-corrected chi connectivity index (χ0v) is 13.8. The van der Waals surface area contributed by atoms with Crippen molar-refractivity contribution in [3.05, 3.63) is 52.8 Å². The molecule has 3 aromatic rings. The average molecular weight is 341 g/mol. The van der Waals surface area contributed by atoms with Gasteiger partial charge in [0.1, 0.15) is 5.75 Å². The quantitative estimate of drug-likeness (QED) is 0.737. The van der Waals surface area contributed by atoms with E-state index < -0.39 is 0 Å². The van der Waals surface area contributed by atoms with Crippen LogP contribution < -0.4 is 14.2 Å². The number of aromatic amines is 1. The summed E-state index contributed by atoms with van der Waals surface area (Å²) >= 11 is 5.38. The van der Waals surface area contributed by atoms with Gasteiger partial charge in [-0.3, -0.25) is 9.67 Å². The molecule has 0 radical (unpaired) electrons. The first kappa shape index (κ1) is 14.8. The number of nitrogens with one attached hydrogen (secondary N) is 1. The highest BCUT2D eigenvalue weighted by atomic mass is 32.1. The minimum absolute atomic E-state index is 0.265. The van der Waals surface area contributed by atoms with Gasteiger partial charge in [0, 0.05) is 5.56 Å². The van der Waals surface area contributed by atoms with Crippen molar-refractivity contribution in [2.24, 2.45) is 0 Å². The molecule has 0 amide bonds. The highest BCUT2D eigenvalue weighted by molar-refractivity contribution is 7.71. The van der Waals surface area contributed by atoms with Crippen molar-refractivity contribution in [1.29, 1.82) is 0 Å². The summed E-state index contributed by atoms with van der Waals surface area (Å²) in [5.74, 6) is 3.11. The minimum atomic E-state index is 0.265. The second-order valence-electron chi connectivity index (χ2n) is 5.35. The topological polar surface area (TPSA) is 61.3 Å². The zero-order valence-electron chi connectivity index (χ0n) is 13.0. The Morgan fingerprint density at radius 3 is 2.75 bits per heavy atom. The van der Waals surface area contributed by atoms with E-state index in [-0.39, 0.29) is 6.79 Å². The van der Waals surface area contributed by atoms with E-state index in [2.05, 4.69) is 10.2 Å². The van der Waals surface area contributed by atoms with Crippen LogP contribution in [0, 0.1) is 4.77 Å². The third-order valence-corrected chi connectivity index (χ3v) is 4.20. The summed E-state index contributed by atoms with van der Waals surface area (Å²) < 4.78 is 18.5. The van der Waals surface area contributed by atoms with Gasteiger partial charge in [-0.1, -0.05) is 6.07 Å². The Morgan fingerprint density at radius 1 is 1.17 bits per heavy atom. The lowest BCUT2D eigenvalue weighted by Gasteiger charge is -2.08. The molecule has 2 heterocycles. The van der Waals surface area contributed by atoms with Crippen LogP contribution in [-0.4, -0.2) is 28.7 Å². The summed E-state index contributed by atoms with van der Waals surface area (Å²) in [6.07, 6.45) is 0. The molecular weight excluding hydrogens is 326 g/mol. The van der Waals surface area contributed by atoms with Crippen molar-refractivity contribution in [1.82, 2.24) is 14.8 Å². The number of benzene rings is 2. The molecule has 0 atom stereocenters.